The Morgan fingerprint density at radius 3 is 2.26 bits per heavy atom. The van der Waals surface area contributed by atoms with Gasteiger partial charge in [0.2, 0.25) is 6.04 Å². The number of hydrogen-bond donors (Lipinski definition) is 0. The van der Waals surface area contributed by atoms with E-state index < -0.39 is 11.5 Å². The van der Waals surface area contributed by atoms with Gasteiger partial charge in [0.1, 0.15) is 0 Å². The molecule has 0 N–H and O–H groups in total. The zero-order chi connectivity index (χ0) is 26.0. The van der Waals surface area contributed by atoms with Crippen molar-refractivity contribution in [2.24, 2.45) is 5.92 Å². The second kappa shape index (κ2) is 12.8. The molecule has 0 amide bonds. The van der Waals surface area contributed by atoms with Crippen LogP contribution in [0.25, 0.3) is 0 Å². The minimum atomic E-state index is -0.862. The lowest BCUT2D eigenvalue weighted by molar-refractivity contribution is -0.523. The van der Waals surface area contributed by atoms with E-state index in [1.165, 1.54) is 7.11 Å². The van der Waals surface area contributed by atoms with Crippen LogP contribution in [0, 0.1) is 27.4 Å². The summed E-state index contributed by atoms with van der Waals surface area (Å²) in [5.74, 6) is 2.22. The molecule has 0 spiro atoms. The van der Waals surface area contributed by atoms with Gasteiger partial charge in [0.25, 0.3) is 0 Å². The molecule has 0 aliphatic carbocycles. The van der Waals surface area contributed by atoms with Crippen molar-refractivity contribution in [1.82, 2.24) is 0 Å². The maximum Gasteiger partial charge on any atom is 0.217 e. The summed E-state index contributed by atoms with van der Waals surface area (Å²) in [5.41, 5.74) is 0.695. The monoisotopic (exact) mass is 484 g/mol. The normalized spacial score (nSPS) is 14.2. The molecule has 3 atom stereocenters. The lowest BCUT2D eigenvalue weighted by Crippen LogP contribution is -2.33. The van der Waals surface area contributed by atoms with Gasteiger partial charge < -0.3 is 18.9 Å². The molecule has 0 aliphatic rings. The molecule has 0 saturated carbocycles. The van der Waals surface area contributed by atoms with Gasteiger partial charge in [-0.1, -0.05) is 38.5 Å². The summed E-state index contributed by atoms with van der Waals surface area (Å²) >= 11 is 0. The maximum atomic E-state index is 11.9. The lowest BCUT2D eigenvalue weighted by atomic mass is 9.67. The van der Waals surface area contributed by atoms with Crippen LogP contribution in [0.4, 0.5) is 0 Å². The molecular formula is C27H36N2O6. The number of ether oxygens (including phenoxy) is 4. The maximum absolute atomic E-state index is 11.9. The van der Waals surface area contributed by atoms with Crippen molar-refractivity contribution in [2.45, 2.75) is 57.4 Å². The van der Waals surface area contributed by atoms with Crippen molar-refractivity contribution in [3.63, 3.8) is 0 Å². The van der Waals surface area contributed by atoms with Crippen molar-refractivity contribution in [2.75, 3.05) is 28.4 Å². The van der Waals surface area contributed by atoms with Gasteiger partial charge in [-0.3, -0.25) is 10.1 Å². The third kappa shape index (κ3) is 6.16. The van der Waals surface area contributed by atoms with Gasteiger partial charge in [0, 0.05) is 23.3 Å². The summed E-state index contributed by atoms with van der Waals surface area (Å²) in [6, 6.07) is 12.7. The van der Waals surface area contributed by atoms with E-state index in [-0.39, 0.29) is 17.3 Å². The largest absolute Gasteiger partial charge is 0.493 e. The van der Waals surface area contributed by atoms with Crippen LogP contribution in [0.3, 0.4) is 0 Å². The first kappa shape index (κ1) is 27.8. The molecule has 0 heterocycles. The molecule has 0 bridgehead atoms. The highest BCUT2D eigenvalue weighted by Gasteiger charge is 2.40. The van der Waals surface area contributed by atoms with Crippen molar-refractivity contribution >= 4 is 0 Å². The Kier molecular flexibility index (Phi) is 10.2. The van der Waals surface area contributed by atoms with Gasteiger partial charge in [-0.2, -0.15) is 5.26 Å². The molecule has 8 nitrogen and oxygen atoms in total. The van der Waals surface area contributed by atoms with E-state index in [9.17, 15) is 15.4 Å². The summed E-state index contributed by atoms with van der Waals surface area (Å²) in [6.07, 6.45) is 2.36. The van der Waals surface area contributed by atoms with E-state index >= 15 is 0 Å². The first-order valence-corrected chi connectivity index (χ1v) is 11.8. The highest BCUT2D eigenvalue weighted by Crippen LogP contribution is 2.46. The number of para-hydroxylation sites is 1. The van der Waals surface area contributed by atoms with Crippen molar-refractivity contribution in [3.8, 4) is 29.1 Å². The zero-order valence-corrected chi connectivity index (χ0v) is 21.5. The van der Waals surface area contributed by atoms with Crippen LogP contribution in [0.15, 0.2) is 36.4 Å². The quantitative estimate of drug-likeness (QED) is 0.254. The first-order chi connectivity index (χ1) is 16.8. The predicted molar refractivity (Wildman–Crippen MR) is 134 cm³/mol. The summed E-state index contributed by atoms with van der Waals surface area (Å²) in [4.78, 5) is 11.7. The number of nitro groups is 1. The van der Waals surface area contributed by atoms with E-state index in [1.54, 1.807) is 39.5 Å². The molecule has 190 valence electrons. The topological polar surface area (TPSA) is 104 Å². The van der Waals surface area contributed by atoms with E-state index in [0.717, 1.165) is 17.5 Å². The van der Waals surface area contributed by atoms with Crippen LogP contribution in [0.1, 0.15) is 50.7 Å². The average Bonchev–Trinajstić information content (AvgIpc) is 2.89. The van der Waals surface area contributed by atoms with Gasteiger partial charge in [0.15, 0.2) is 23.0 Å². The number of benzene rings is 2. The second-order valence-electron chi connectivity index (χ2n) is 8.66. The highest BCUT2D eigenvalue weighted by atomic mass is 16.6. The Balaban J connectivity index is 2.30. The Morgan fingerprint density at radius 2 is 1.71 bits per heavy atom. The SMILES string of the molecule is CCC(C)C(C#N)(CCCC(Cc1ccc(OC)c(OC)c1)[N+](=O)[O-])c1cccc(OC)c1OC. The predicted octanol–water partition coefficient (Wildman–Crippen LogP) is 5.59. The molecule has 3 unspecified atom stereocenters. The fraction of sp³-hybridized carbons (Fsp3) is 0.519. The Labute approximate surface area is 207 Å². The summed E-state index contributed by atoms with van der Waals surface area (Å²) in [7, 11) is 6.21. The average molecular weight is 485 g/mol. The van der Waals surface area contributed by atoms with Crippen LogP contribution < -0.4 is 18.9 Å². The van der Waals surface area contributed by atoms with Crippen LogP contribution >= 0.6 is 0 Å². The van der Waals surface area contributed by atoms with Crippen LogP contribution in [0.2, 0.25) is 0 Å². The molecule has 2 aromatic carbocycles. The molecule has 35 heavy (non-hydrogen) atoms. The minimum Gasteiger partial charge on any atom is -0.493 e. The fourth-order valence-corrected chi connectivity index (χ4v) is 4.64. The van der Waals surface area contributed by atoms with Gasteiger partial charge in [-0.15, -0.1) is 0 Å². The number of nitrogens with zero attached hydrogens (tertiary/aromatic N) is 2. The smallest absolute Gasteiger partial charge is 0.217 e. The molecule has 0 aliphatic heterocycles. The standard InChI is InChI=1S/C27H36N2O6/c1-7-19(2)27(18-28,22-11-8-12-24(33-4)26(22)35-6)15-9-10-21(29(30)31)16-20-13-14-23(32-3)25(17-20)34-5/h8,11-14,17,19,21H,7,9-10,15-16H2,1-6H3. The van der Waals surface area contributed by atoms with Gasteiger partial charge in [-0.05, 0) is 42.5 Å². The van der Waals surface area contributed by atoms with Crippen molar-refractivity contribution in [1.29, 1.82) is 5.26 Å². The van der Waals surface area contributed by atoms with E-state index in [1.807, 2.05) is 32.0 Å². The van der Waals surface area contributed by atoms with Crippen molar-refractivity contribution in [3.05, 3.63) is 57.6 Å². The molecule has 0 fully saturated rings. The number of rotatable bonds is 14. The summed E-state index contributed by atoms with van der Waals surface area (Å²) in [5, 5.41) is 22.3. The Hall–Kier alpha value is -3.47. The number of methoxy groups -OCH3 is 4. The van der Waals surface area contributed by atoms with Crippen molar-refractivity contribution < 1.29 is 23.9 Å². The molecule has 0 radical (unpaired) electrons. The van der Waals surface area contributed by atoms with E-state index in [0.29, 0.717) is 42.3 Å². The zero-order valence-electron chi connectivity index (χ0n) is 21.5. The summed E-state index contributed by atoms with van der Waals surface area (Å²) in [6.45, 7) is 4.08. The second-order valence-corrected chi connectivity index (χ2v) is 8.66. The molecule has 2 rings (SSSR count). The molecule has 2 aromatic rings. The Morgan fingerprint density at radius 1 is 1.03 bits per heavy atom. The third-order valence-electron chi connectivity index (χ3n) is 6.86. The fourth-order valence-electron chi connectivity index (χ4n) is 4.64. The van der Waals surface area contributed by atoms with Gasteiger partial charge >= 0.3 is 0 Å². The molecule has 8 heteroatoms. The van der Waals surface area contributed by atoms with Crippen LogP contribution in [-0.2, 0) is 11.8 Å². The van der Waals surface area contributed by atoms with Gasteiger partial charge in [-0.25, -0.2) is 0 Å². The molecule has 0 aromatic heterocycles. The van der Waals surface area contributed by atoms with Crippen LogP contribution in [-0.4, -0.2) is 39.4 Å². The lowest BCUT2D eigenvalue weighted by Gasteiger charge is -2.34. The third-order valence-corrected chi connectivity index (χ3v) is 6.86. The molecule has 0 saturated heterocycles. The minimum absolute atomic E-state index is 0.00779. The summed E-state index contributed by atoms with van der Waals surface area (Å²) < 4.78 is 21.7. The van der Waals surface area contributed by atoms with Gasteiger partial charge in [0.05, 0.1) is 39.9 Å². The first-order valence-electron chi connectivity index (χ1n) is 11.8. The number of hydrogen-bond acceptors (Lipinski definition) is 7. The van der Waals surface area contributed by atoms with E-state index in [4.69, 9.17) is 18.9 Å². The molecular weight excluding hydrogens is 448 g/mol. The highest BCUT2D eigenvalue weighted by molar-refractivity contribution is 5.53. The van der Waals surface area contributed by atoms with Crippen LogP contribution in [0.5, 0.6) is 23.0 Å². The Bertz CT molecular complexity index is 1030. The number of nitriles is 1. The van der Waals surface area contributed by atoms with E-state index in [2.05, 4.69) is 6.07 Å².